The molecule has 4 aromatic carbocycles. The molecule has 0 radical (unpaired) electrons. The van der Waals surface area contributed by atoms with E-state index in [1.54, 1.807) is 0 Å². The maximum absolute atomic E-state index is 4.85. The van der Waals surface area contributed by atoms with Gasteiger partial charge in [0, 0.05) is 40.8 Å². The van der Waals surface area contributed by atoms with E-state index < -0.39 is 0 Å². The van der Waals surface area contributed by atoms with E-state index >= 15 is 0 Å². The maximum Gasteiger partial charge on any atom is 0.138 e. The van der Waals surface area contributed by atoms with Crippen LogP contribution < -0.4 is 4.90 Å². The van der Waals surface area contributed by atoms with Crippen molar-refractivity contribution in [3.05, 3.63) is 133 Å². The van der Waals surface area contributed by atoms with Crippen LogP contribution in [0.15, 0.2) is 133 Å². The lowest BCUT2D eigenvalue weighted by Crippen LogP contribution is -2.21. The van der Waals surface area contributed by atoms with E-state index in [9.17, 15) is 0 Å². The molecule has 0 saturated heterocycles. The summed E-state index contributed by atoms with van der Waals surface area (Å²) in [5.41, 5.74) is 11.0. The quantitative estimate of drug-likeness (QED) is 0.215. The zero-order valence-electron chi connectivity index (χ0n) is 22.3. The van der Waals surface area contributed by atoms with Gasteiger partial charge in [-0.2, -0.15) is 0 Å². The Bertz CT molecular complexity index is 2110. The summed E-state index contributed by atoms with van der Waals surface area (Å²) < 4.78 is 2.28. The number of hydrogen-bond acceptors (Lipinski definition) is 4. The minimum absolute atomic E-state index is 0.757. The van der Waals surface area contributed by atoms with Gasteiger partial charge in [-0.25, -0.2) is 4.98 Å². The minimum atomic E-state index is 0.757. The van der Waals surface area contributed by atoms with E-state index in [2.05, 4.69) is 105 Å². The van der Waals surface area contributed by atoms with Crippen LogP contribution in [0.4, 0.5) is 17.1 Å². The number of anilines is 2. The fourth-order valence-corrected chi connectivity index (χ4v) is 6.23. The number of benzene rings is 4. The fraction of sp³-hybridized carbons (Fsp3) is 0.0278. The Labute approximate surface area is 237 Å². The largest absolute Gasteiger partial charge is 0.335 e. The second-order valence-electron chi connectivity index (χ2n) is 10.2. The van der Waals surface area contributed by atoms with Crippen molar-refractivity contribution >= 4 is 45.6 Å². The summed E-state index contributed by atoms with van der Waals surface area (Å²) in [6, 6.07) is 40.2. The van der Waals surface area contributed by atoms with Crippen molar-refractivity contribution in [3.8, 4) is 28.2 Å². The van der Waals surface area contributed by atoms with E-state index in [1.165, 1.54) is 27.5 Å². The van der Waals surface area contributed by atoms with Gasteiger partial charge in [0.15, 0.2) is 0 Å². The maximum atomic E-state index is 4.85. The molecule has 41 heavy (non-hydrogen) atoms. The fourth-order valence-electron chi connectivity index (χ4n) is 6.23. The van der Waals surface area contributed by atoms with E-state index in [0.29, 0.717) is 0 Å². The Hall–Kier alpha value is -5.55. The van der Waals surface area contributed by atoms with Crippen LogP contribution in [-0.2, 0) is 6.54 Å². The smallest absolute Gasteiger partial charge is 0.138 e. The average Bonchev–Trinajstić information content (AvgIpc) is 3.39. The number of aromatic nitrogens is 3. The molecule has 5 heteroatoms. The van der Waals surface area contributed by atoms with Crippen molar-refractivity contribution in [2.75, 3.05) is 4.90 Å². The number of pyridine rings is 2. The summed E-state index contributed by atoms with van der Waals surface area (Å²) in [5, 5.41) is 2.40. The van der Waals surface area contributed by atoms with Crippen LogP contribution in [0.1, 0.15) is 5.56 Å². The second kappa shape index (κ2) is 9.28. The Kier molecular flexibility index (Phi) is 5.28. The third kappa shape index (κ3) is 3.60. The zero-order chi connectivity index (χ0) is 27.3. The first-order valence-electron chi connectivity index (χ1n) is 13.7. The molecule has 0 saturated carbocycles. The molecular formula is C36H25N5. The SMILES string of the molecule is C=Nc1ccccc1N1Cc2ccccc2-c2c1ccc1c2c2ccccc2n1-c1cc(-c2ccccn2)ccn1. The normalized spacial score (nSPS) is 12.3. The van der Waals surface area contributed by atoms with Gasteiger partial charge in [-0.3, -0.25) is 14.5 Å². The molecule has 4 heterocycles. The third-order valence-corrected chi connectivity index (χ3v) is 8.00. The summed E-state index contributed by atoms with van der Waals surface area (Å²) >= 11 is 0. The molecule has 0 unspecified atom stereocenters. The van der Waals surface area contributed by atoms with Crippen molar-refractivity contribution in [2.45, 2.75) is 6.54 Å². The van der Waals surface area contributed by atoms with Crippen molar-refractivity contribution in [2.24, 2.45) is 4.99 Å². The summed E-state index contributed by atoms with van der Waals surface area (Å²) in [6.07, 6.45) is 3.69. The standard InChI is InChI=1S/C36H25N5/c1-37-29-14-5-7-16-31(29)40-23-25-10-2-3-11-26(25)35-32(40)17-18-33-36(35)27-12-4-6-15-30(27)41(33)34-22-24(19-21-39-34)28-13-8-9-20-38-28/h2-22H,1,23H2. The van der Waals surface area contributed by atoms with Gasteiger partial charge in [-0.1, -0.05) is 60.7 Å². The van der Waals surface area contributed by atoms with Crippen LogP contribution >= 0.6 is 0 Å². The molecule has 1 aliphatic heterocycles. The lowest BCUT2D eigenvalue weighted by atomic mass is 9.89. The zero-order valence-corrected chi connectivity index (χ0v) is 22.3. The Morgan fingerprint density at radius 2 is 1.51 bits per heavy atom. The number of para-hydroxylation sites is 3. The molecule has 1 aliphatic rings. The van der Waals surface area contributed by atoms with E-state index in [4.69, 9.17) is 4.98 Å². The van der Waals surface area contributed by atoms with Crippen molar-refractivity contribution in [1.29, 1.82) is 0 Å². The number of hydrogen-bond donors (Lipinski definition) is 0. The van der Waals surface area contributed by atoms with E-state index in [1.807, 2.05) is 48.8 Å². The van der Waals surface area contributed by atoms with Crippen molar-refractivity contribution < 1.29 is 0 Å². The summed E-state index contributed by atoms with van der Waals surface area (Å²) in [7, 11) is 0. The van der Waals surface area contributed by atoms with Gasteiger partial charge in [-0.05, 0) is 72.4 Å². The molecule has 3 aromatic heterocycles. The molecule has 0 atom stereocenters. The minimum Gasteiger partial charge on any atom is -0.335 e. The highest BCUT2D eigenvalue weighted by molar-refractivity contribution is 6.19. The predicted molar refractivity (Wildman–Crippen MR) is 169 cm³/mol. The monoisotopic (exact) mass is 527 g/mol. The first-order chi connectivity index (χ1) is 20.3. The molecule has 0 bridgehead atoms. The Morgan fingerprint density at radius 1 is 0.683 bits per heavy atom. The van der Waals surface area contributed by atoms with Gasteiger partial charge in [0.2, 0.25) is 0 Å². The van der Waals surface area contributed by atoms with E-state index in [0.717, 1.165) is 51.7 Å². The molecule has 0 spiro atoms. The number of rotatable bonds is 4. The molecule has 7 aromatic rings. The molecule has 0 fully saturated rings. The summed E-state index contributed by atoms with van der Waals surface area (Å²) in [5.74, 6) is 0.862. The summed E-state index contributed by atoms with van der Waals surface area (Å²) in [4.78, 5) is 16.2. The molecule has 194 valence electrons. The predicted octanol–water partition coefficient (Wildman–Crippen LogP) is 8.89. The highest BCUT2D eigenvalue weighted by Gasteiger charge is 2.28. The van der Waals surface area contributed by atoms with Gasteiger partial charge in [0.1, 0.15) is 5.82 Å². The second-order valence-corrected chi connectivity index (χ2v) is 10.2. The number of aliphatic imine (C=N–C) groups is 1. The van der Waals surface area contributed by atoms with Gasteiger partial charge in [-0.15, -0.1) is 0 Å². The third-order valence-electron chi connectivity index (χ3n) is 8.00. The molecular weight excluding hydrogens is 502 g/mol. The van der Waals surface area contributed by atoms with Gasteiger partial charge in [0.25, 0.3) is 0 Å². The van der Waals surface area contributed by atoms with Gasteiger partial charge < -0.3 is 4.90 Å². The van der Waals surface area contributed by atoms with Crippen LogP contribution in [0.25, 0.3) is 50.0 Å². The molecule has 0 N–H and O–H groups in total. The van der Waals surface area contributed by atoms with Crippen LogP contribution in [0.3, 0.4) is 0 Å². The van der Waals surface area contributed by atoms with Crippen LogP contribution in [0, 0.1) is 0 Å². The Balaban J connectivity index is 1.45. The van der Waals surface area contributed by atoms with Crippen molar-refractivity contribution in [3.63, 3.8) is 0 Å². The van der Waals surface area contributed by atoms with Gasteiger partial charge >= 0.3 is 0 Å². The van der Waals surface area contributed by atoms with Crippen LogP contribution in [-0.4, -0.2) is 21.3 Å². The summed E-state index contributed by atoms with van der Waals surface area (Å²) in [6.45, 7) is 4.61. The Morgan fingerprint density at radius 3 is 2.41 bits per heavy atom. The molecule has 0 aliphatic carbocycles. The highest BCUT2D eigenvalue weighted by Crippen LogP contribution is 2.50. The number of nitrogens with zero attached hydrogens (tertiary/aromatic N) is 5. The lowest BCUT2D eigenvalue weighted by Gasteiger charge is -2.34. The molecule has 5 nitrogen and oxygen atoms in total. The van der Waals surface area contributed by atoms with Crippen molar-refractivity contribution in [1.82, 2.24) is 14.5 Å². The molecule has 8 rings (SSSR count). The first-order valence-corrected chi connectivity index (χ1v) is 13.7. The first kappa shape index (κ1) is 23.3. The highest BCUT2D eigenvalue weighted by atomic mass is 15.2. The number of fused-ring (bicyclic) bond motifs is 7. The molecule has 0 amide bonds. The lowest BCUT2D eigenvalue weighted by molar-refractivity contribution is 0.963. The van der Waals surface area contributed by atoms with Crippen LogP contribution in [0.5, 0.6) is 0 Å². The topological polar surface area (TPSA) is 46.3 Å². The van der Waals surface area contributed by atoms with Gasteiger partial charge in [0.05, 0.1) is 33.8 Å². The van der Waals surface area contributed by atoms with E-state index in [-0.39, 0.29) is 0 Å². The van der Waals surface area contributed by atoms with Crippen LogP contribution in [0.2, 0.25) is 0 Å². The average molecular weight is 528 g/mol.